The molecule has 0 radical (unpaired) electrons. The molecule has 7 rings (SSSR count). The summed E-state index contributed by atoms with van der Waals surface area (Å²) < 4.78 is 16.4. The number of benzene rings is 1. The Morgan fingerprint density at radius 3 is 2.52 bits per heavy atom. The van der Waals surface area contributed by atoms with E-state index in [1.807, 2.05) is 30.3 Å². The second kappa shape index (κ2) is 10.6. The lowest BCUT2D eigenvalue weighted by Gasteiger charge is -2.34. The Balaban J connectivity index is 1.10. The number of pyridine rings is 1. The summed E-state index contributed by atoms with van der Waals surface area (Å²) in [5.74, 6) is 0.578. The van der Waals surface area contributed by atoms with Crippen molar-refractivity contribution in [2.75, 3.05) is 48.8 Å². The van der Waals surface area contributed by atoms with E-state index >= 15 is 4.39 Å². The molecule has 4 heterocycles. The highest BCUT2D eigenvalue weighted by molar-refractivity contribution is 7.14. The minimum absolute atomic E-state index is 0.0522. The number of fused-ring (bicyclic) bond motifs is 5. The average molecular weight is 586 g/mol. The Labute approximate surface area is 247 Å². The van der Waals surface area contributed by atoms with Gasteiger partial charge in [0.15, 0.2) is 11.6 Å². The van der Waals surface area contributed by atoms with Gasteiger partial charge in [-0.25, -0.2) is 14.4 Å². The number of likely N-dealkylation sites (N-methyl/N-ethyl adjacent to an activating group) is 1. The highest BCUT2D eigenvalue weighted by Crippen LogP contribution is 2.55. The third kappa shape index (κ3) is 4.96. The number of aromatic nitrogens is 3. The lowest BCUT2D eigenvalue weighted by Crippen LogP contribution is -2.44. The summed E-state index contributed by atoms with van der Waals surface area (Å²) in [4.78, 5) is 41.4. The zero-order valence-corrected chi connectivity index (χ0v) is 24.4. The molecule has 4 aromatic rings. The first-order valence-corrected chi connectivity index (χ1v) is 15.1. The van der Waals surface area contributed by atoms with E-state index in [2.05, 4.69) is 37.4 Å². The smallest absolute Gasteiger partial charge is 0.293 e. The molecular formula is C31H32FN7O2S. The summed E-state index contributed by atoms with van der Waals surface area (Å²) in [5, 5.41) is 5.91. The van der Waals surface area contributed by atoms with Crippen LogP contribution in [-0.4, -0.2) is 58.6 Å². The van der Waals surface area contributed by atoms with Crippen molar-refractivity contribution in [2.24, 2.45) is 7.05 Å². The van der Waals surface area contributed by atoms with Gasteiger partial charge in [0.25, 0.3) is 11.5 Å². The van der Waals surface area contributed by atoms with Crippen LogP contribution in [0.4, 0.5) is 27.4 Å². The minimum atomic E-state index is -0.603. The standard InChI is InChI=1S/C31H32FN7O2S/c1-37-11-13-39(14-12-37)21-7-5-20(6-8-21)33-29-31(41)38(2)17-24(34-29)27-23(32)9-10-26(35-27)36-30(40)25-16-22-18-3-4-19(15-18)28(22)42-25/h5-10,16-19H,3-4,11-15H2,1-2H3,(H,33,34)(H,35,36,40). The number of nitrogens with zero attached hydrogens (tertiary/aromatic N) is 5. The largest absolute Gasteiger partial charge is 0.369 e. The molecule has 1 saturated heterocycles. The third-order valence-electron chi connectivity index (χ3n) is 8.66. The van der Waals surface area contributed by atoms with E-state index in [9.17, 15) is 9.59 Å². The van der Waals surface area contributed by atoms with E-state index < -0.39 is 5.82 Å². The fraction of sp³-hybridized carbons (Fsp3) is 0.355. The van der Waals surface area contributed by atoms with Crippen molar-refractivity contribution in [2.45, 2.75) is 31.1 Å². The van der Waals surface area contributed by atoms with Crippen molar-refractivity contribution in [3.63, 3.8) is 0 Å². The van der Waals surface area contributed by atoms with E-state index in [0.717, 1.165) is 31.9 Å². The van der Waals surface area contributed by atoms with Crippen LogP contribution in [0.25, 0.3) is 11.4 Å². The maximum Gasteiger partial charge on any atom is 0.293 e. The van der Waals surface area contributed by atoms with Gasteiger partial charge in [0.2, 0.25) is 0 Å². The predicted octanol–water partition coefficient (Wildman–Crippen LogP) is 5.16. The molecule has 3 aliphatic rings. The Bertz CT molecular complexity index is 1700. The average Bonchev–Trinajstić information content (AvgIpc) is 3.72. The van der Waals surface area contributed by atoms with E-state index in [1.54, 1.807) is 18.4 Å². The Kier molecular flexibility index (Phi) is 6.78. The van der Waals surface area contributed by atoms with Crippen LogP contribution in [0, 0.1) is 5.82 Å². The van der Waals surface area contributed by atoms with Crippen LogP contribution >= 0.6 is 11.3 Å². The summed E-state index contributed by atoms with van der Waals surface area (Å²) in [5.41, 5.74) is 2.90. The number of carbonyl (C=O) groups excluding carboxylic acids is 1. The van der Waals surface area contributed by atoms with Gasteiger partial charge in [0.05, 0.1) is 4.88 Å². The Hall–Kier alpha value is -4.09. The van der Waals surface area contributed by atoms with Crippen LogP contribution in [0.2, 0.25) is 0 Å². The second-order valence-corrected chi connectivity index (χ2v) is 12.6. The summed E-state index contributed by atoms with van der Waals surface area (Å²) in [7, 11) is 3.71. The summed E-state index contributed by atoms with van der Waals surface area (Å²) in [6, 6.07) is 12.5. The zero-order valence-electron chi connectivity index (χ0n) is 23.6. The van der Waals surface area contributed by atoms with Crippen molar-refractivity contribution >= 4 is 40.3 Å². The SMILES string of the molecule is CN1CCN(c2ccc(Nc3nc(-c4nc(NC(=O)c5cc6c(s5)C5CCC6C5)ccc4F)cn(C)c3=O)cc2)CC1. The quantitative estimate of drug-likeness (QED) is 0.323. The van der Waals surface area contributed by atoms with E-state index in [1.165, 1.54) is 52.6 Å². The molecule has 1 aromatic carbocycles. The molecule has 2 fully saturated rings. The first kappa shape index (κ1) is 26.8. The van der Waals surface area contributed by atoms with Crippen molar-refractivity contribution in [3.05, 3.63) is 80.2 Å². The predicted molar refractivity (Wildman–Crippen MR) is 164 cm³/mol. The molecule has 1 saturated carbocycles. The van der Waals surface area contributed by atoms with E-state index in [0.29, 0.717) is 22.4 Å². The number of piperazine rings is 1. The van der Waals surface area contributed by atoms with Crippen molar-refractivity contribution in [3.8, 4) is 11.4 Å². The Morgan fingerprint density at radius 2 is 1.76 bits per heavy atom. The fourth-order valence-electron chi connectivity index (χ4n) is 6.30. The third-order valence-corrected chi connectivity index (χ3v) is 9.97. The first-order valence-electron chi connectivity index (χ1n) is 14.3. The van der Waals surface area contributed by atoms with E-state index in [-0.39, 0.29) is 34.5 Å². The molecule has 9 nitrogen and oxygen atoms in total. The van der Waals surface area contributed by atoms with Crippen LogP contribution in [0.5, 0.6) is 0 Å². The number of aryl methyl sites for hydroxylation is 1. The molecule has 2 N–H and O–H groups in total. The number of rotatable bonds is 6. The van der Waals surface area contributed by atoms with Gasteiger partial charge in [-0.05, 0) is 86.2 Å². The van der Waals surface area contributed by atoms with Crippen LogP contribution in [0.1, 0.15) is 51.2 Å². The molecule has 0 spiro atoms. The number of halogens is 1. The lowest BCUT2D eigenvalue weighted by molar-refractivity contribution is 0.103. The fourth-order valence-corrected chi connectivity index (χ4v) is 7.59. The van der Waals surface area contributed by atoms with Crippen molar-refractivity contribution in [1.82, 2.24) is 19.4 Å². The van der Waals surface area contributed by atoms with Crippen LogP contribution in [0.3, 0.4) is 0 Å². The molecule has 2 bridgehead atoms. The summed E-state index contributed by atoms with van der Waals surface area (Å²) >= 11 is 1.55. The van der Waals surface area contributed by atoms with Crippen LogP contribution in [-0.2, 0) is 7.05 Å². The van der Waals surface area contributed by atoms with Crippen LogP contribution in [0.15, 0.2) is 53.5 Å². The summed E-state index contributed by atoms with van der Waals surface area (Å²) in [6.45, 7) is 3.95. The topological polar surface area (TPSA) is 95.4 Å². The minimum Gasteiger partial charge on any atom is -0.369 e. The Morgan fingerprint density at radius 1 is 1.00 bits per heavy atom. The van der Waals surface area contributed by atoms with Gasteiger partial charge in [0.1, 0.15) is 17.2 Å². The molecular weight excluding hydrogens is 553 g/mol. The zero-order chi connectivity index (χ0) is 29.0. The number of nitrogens with one attached hydrogen (secondary N) is 2. The van der Waals surface area contributed by atoms with Gasteiger partial charge in [-0.1, -0.05) is 0 Å². The lowest BCUT2D eigenvalue weighted by atomic mass is 9.99. The van der Waals surface area contributed by atoms with Gasteiger partial charge >= 0.3 is 0 Å². The van der Waals surface area contributed by atoms with Gasteiger partial charge in [-0.2, -0.15) is 0 Å². The van der Waals surface area contributed by atoms with Crippen molar-refractivity contribution < 1.29 is 9.18 Å². The normalized spacial score (nSPS) is 19.6. The maximum atomic E-state index is 15.0. The first-order chi connectivity index (χ1) is 20.3. The molecule has 216 valence electrons. The number of thiophene rings is 1. The molecule has 11 heteroatoms. The van der Waals surface area contributed by atoms with Crippen LogP contribution < -0.4 is 21.1 Å². The molecule has 3 aromatic heterocycles. The number of anilines is 4. The number of amides is 1. The molecule has 2 unspecified atom stereocenters. The highest BCUT2D eigenvalue weighted by Gasteiger charge is 2.39. The molecule has 2 aliphatic carbocycles. The van der Waals surface area contributed by atoms with Gasteiger partial charge in [-0.3, -0.25) is 9.59 Å². The van der Waals surface area contributed by atoms with Gasteiger partial charge in [0, 0.05) is 55.7 Å². The van der Waals surface area contributed by atoms with Crippen molar-refractivity contribution in [1.29, 1.82) is 0 Å². The maximum absolute atomic E-state index is 15.0. The molecule has 1 aliphatic heterocycles. The van der Waals surface area contributed by atoms with Gasteiger partial charge < -0.3 is 25.0 Å². The number of carbonyl (C=O) groups is 1. The van der Waals surface area contributed by atoms with Gasteiger partial charge in [-0.15, -0.1) is 11.3 Å². The highest BCUT2D eigenvalue weighted by atomic mass is 32.1. The van der Waals surface area contributed by atoms with E-state index in [4.69, 9.17) is 0 Å². The monoisotopic (exact) mass is 585 g/mol. The number of hydrogen-bond donors (Lipinski definition) is 2. The number of hydrogen-bond acceptors (Lipinski definition) is 8. The molecule has 42 heavy (non-hydrogen) atoms. The second-order valence-electron chi connectivity index (χ2n) is 11.5. The molecule has 2 atom stereocenters. The summed E-state index contributed by atoms with van der Waals surface area (Å²) in [6.07, 6.45) is 5.05. The molecule has 1 amide bonds.